The molecule has 18 heavy (non-hydrogen) atoms. The Morgan fingerprint density at radius 2 is 1.11 bits per heavy atom. The first-order valence-corrected chi connectivity index (χ1v) is 6.51. The van der Waals surface area contributed by atoms with E-state index in [1.54, 1.807) is 0 Å². The summed E-state index contributed by atoms with van der Waals surface area (Å²) in [6, 6.07) is 0. The number of hydrogen-bond acceptors (Lipinski definition) is 6. The molecular weight excluding hydrogens is 240 g/mol. The van der Waals surface area contributed by atoms with Crippen LogP contribution >= 0.6 is 0 Å². The molecule has 4 atom stereocenters. The summed E-state index contributed by atoms with van der Waals surface area (Å²) in [6.45, 7) is 3.73. The van der Waals surface area contributed by atoms with Crippen molar-refractivity contribution >= 4 is 0 Å². The molecule has 2 N–H and O–H groups in total. The molecule has 4 heterocycles. The van der Waals surface area contributed by atoms with Gasteiger partial charge in [-0.15, -0.1) is 0 Å². The molecule has 0 saturated carbocycles. The average molecular weight is 262 g/mol. The van der Waals surface area contributed by atoms with Crippen molar-refractivity contribution in [3.8, 4) is 0 Å². The second kappa shape index (κ2) is 7.37. The van der Waals surface area contributed by atoms with E-state index in [-0.39, 0.29) is 25.4 Å². The summed E-state index contributed by atoms with van der Waals surface area (Å²) in [5.74, 6) is 0. The largest absolute Gasteiger partial charge is 0.394 e. The lowest BCUT2D eigenvalue weighted by atomic mass is 10.2. The first kappa shape index (κ1) is 14.2. The van der Waals surface area contributed by atoms with Crippen molar-refractivity contribution in [2.24, 2.45) is 0 Å². The minimum absolute atomic E-state index is 0.190. The summed E-state index contributed by atoms with van der Waals surface area (Å²) in [5.41, 5.74) is 0. The maximum absolute atomic E-state index is 8.08. The van der Waals surface area contributed by atoms with E-state index >= 15 is 0 Å². The van der Waals surface area contributed by atoms with Crippen LogP contribution in [0, 0.1) is 0 Å². The maximum atomic E-state index is 8.08. The van der Waals surface area contributed by atoms with Gasteiger partial charge >= 0.3 is 0 Å². The summed E-state index contributed by atoms with van der Waals surface area (Å²) in [4.78, 5) is 0. The van der Waals surface area contributed by atoms with E-state index < -0.39 is 0 Å². The number of aliphatic hydroxyl groups excluding tert-OH is 2. The number of ether oxygens (including phenoxy) is 4. The number of aliphatic hydroxyl groups is 2. The normalized spacial score (nSPS) is 39.0. The molecule has 2 unspecified atom stereocenters. The molecule has 0 aromatic rings. The Morgan fingerprint density at radius 1 is 0.722 bits per heavy atom. The molecule has 0 aromatic heterocycles. The van der Waals surface area contributed by atoms with Crippen LogP contribution in [-0.4, -0.2) is 74.3 Å². The molecule has 4 aliphatic rings. The van der Waals surface area contributed by atoms with Crippen molar-refractivity contribution in [1.29, 1.82) is 0 Å². The van der Waals surface area contributed by atoms with E-state index in [0.29, 0.717) is 12.2 Å². The van der Waals surface area contributed by atoms with Crippen LogP contribution in [0.1, 0.15) is 12.8 Å². The van der Waals surface area contributed by atoms with E-state index in [9.17, 15) is 0 Å². The van der Waals surface area contributed by atoms with Gasteiger partial charge < -0.3 is 29.2 Å². The van der Waals surface area contributed by atoms with Gasteiger partial charge in [0.15, 0.2) is 0 Å². The van der Waals surface area contributed by atoms with Crippen molar-refractivity contribution in [2.75, 3.05) is 39.6 Å². The predicted octanol–water partition coefficient (Wildman–Crippen LogP) is -0.681. The van der Waals surface area contributed by atoms with E-state index in [0.717, 1.165) is 39.3 Å². The van der Waals surface area contributed by atoms with Crippen molar-refractivity contribution < 1.29 is 29.2 Å². The van der Waals surface area contributed by atoms with Crippen molar-refractivity contribution in [3.05, 3.63) is 0 Å². The van der Waals surface area contributed by atoms with Gasteiger partial charge in [0.1, 0.15) is 12.2 Å². The molecule has 0 spiro atoms. The smallest absolute Gasteiger partial charge is 0.104 e. The van der Waals surface area contributed by atoms with Gasteiger partial charge in [-0.2, -0.15) is 0 Å². The van der Waals surface area contributed by atoms with Gasteiger partial charge in [0.25, 0.3) is 0 Å². The van der Waals surface area contributed by atoms with Crippen LogP contribution in [0.4, 0.5) is 0 Å². The third-order valence-corrected chi connectivity index (χ3v) is 3.10. The quantitative estimate of drug-likeness (QED) is 0.641. The number of rotatable bonds is 2. The number of hydrogen-bond donors (Lipinski definition) is 2. The topological polar surface area (TPSA) is 84.0 Å². The zero-order chi connectivity index (χ0) is 12.8. The van der Waals surface area contributed by atoms with E-state index in [4.69, 9.17) is 19.7 Å². The lowest BCUT2D eigenvalue weighted by molar-refractivity contribution is 0.0732. The Kier molecular flexibility index (Phi) is 5.81. The summed E-state index contributed by atoms with van der Waals surface area (Å²) in [6.07, 6.45) is 3.52. The zero-order valence-electron chi connectivity index (χ0n) is 10.5. The molecule has 4 saturated heterocycles. The zero-order valence-corrected chi connectivity index (χ0v) is 10.5. The van der Waals surface area contributed by atoms with E-state index in [1.165, 1.54) is 0 Å². The molecule has 0 aliphatic carbocycles. The molecule has 4 fully saturated rings. The lowest BCUT2D eigenvalue weighted by Gasteiger charge is -2.03. The van der Waals surface area contributed by atoms with Crippen LogP contribution in [0.5, 0.6) is 0 Å². The Bertz CT molecular complexity index is 197. The molecule has 6 heteroatoms. The van der Waals surface area contributed by atoms with Crippen LogP contribution in [0.25, 0.3) is 0 Å². The van der Waals surface area contributed by atoms with Gasteiger partial charge in [-0.1, -0.05) is 0 Å². The first-order valence-electron chi connectivity index (χ1n) is 6.51. The number of fused-ring (bicyclic) bond motifs is 1. The monoisotopic (exact) mass is 262 g/mol. The highest BCUT2D eigenvalue weighted by Gasteiger charge is 2.33. The van der Waals surface area contributed by atoms with Crippen LogP contribution in [0.3, 0.4) is 0 Å². The second-order valence-corrected chi connectivity index (χ2v) is 4.67. The van der Waals surface area contributed by atoms with Crippen LogP contribution in [-0.2, 0) is 18.9 Å². The summed E-state index contributed by atoms with van der Waals surface area (Å²) >= 11 is 0. The second-order valence-electron chi connectivity index (χ2n) is 4.67. The number of epoxide rings is 2. The predicted molar refractivity (Wildman–Crippen MR) is 62.4 cm³/mol. The van der Waals surface area contributed by atoms with Crippen molar-refractivity contribution in [1.82, 2.24) is 0 Å². The molecule has 106 valence electrons. The SMILES string of the molecule is C1C[C@H]2OCC[C@H]2O1.OCC1CO1.OCC1CO1. The Balaban J connectivity index is 0.000000106. The fourth-order valence-corrected chi connectivity index (χ4v) is 1.77. The summed E-state index contributed by atoms with van der Waals surface area (Å²) in [5, 5.41) is 16.2. The molecule has 6 nitrogen and oxygen atoms in total. The minimum atomic E-state index is 0.190. The Morgan fingerprint density at radius 3 is 1.33 bits per heavy atom. The highest BCUT2D eigenvalue weighted by Crippen LogP contribution is 2.25. The van der Waals surface area contributed by atoms with Crippen molar-refractivity contribution in [2.45, 2.75) is 37.3 Å². The maximum Gasteiger partial charge on any atom is 0.104 e. The fraction of sp³-hybridized carbons (Fsp3) is 1.00. The van der Waals surface area contributed by atoms with Gasteiger partial charge in [-0.3, -0.25) is 0 Å². The molecule has 0 bridgehead atoms. The average Bonchev–Trinajstić information content (AvgIpc) is 3.29. The molecule has 0 radical (unpaired) electrons. The molecule has 4 rings (SSSR count). The molecule has 4 aliphatic heterocycles. The van der Waals surface area contributed by atoms with Gasteiger partial charge in [0, 0.05) is 13.2 Å². The highest BCUT2D eigenvalue weighted by molar-refractivity contribution is 4.81. The highest BCUT2D eigenvalue weighted by atomic mass is 16.6. The molecule has 0 aromatic carbocycles. The van der Waals surface area contributed by atoms with Crippen molar-refractivity contribution in [3.63, 3.8) is 0 Å². The minimum Gasteiger partial charge on any atom is -0.394 e. The van der Waals surface area contributed by atoms with Gasteiger partial charge in [0.2, 0.25) is 0 Å². The first-order chi connectivity index (χ1) is 8.83. The van der Waals surface area contributed by atoms with Gasteiger partial charge in [0.05, 0.1) is 38.6 Å². The lowest BCUT2D eigenvalue weighted by Crippen LogP contribution is -2.13. The van der Waals surface area contributed by atoms with Crippen LogP contribution in [0.15, 0.2) is 0 Å². The van der Waals surface area contributed by atoms with Crippen LogP contribution < -0.4 is 0 Å². The molecule has 0 amide bonds. The van der Waals surface area contributed by atoms with Gasteiger partial charge in [-0.25, -0.2) is 0 Å². The fourth-order valence-electron chi connectivity index (χ4n) is 1.77. The van der Waals surface area contributed by atoms with Gasteiger partial charge in [-0.05, 0) is 12.8 Å². The van der Waals surface area contributed by atoms with Crippen LogP contribution in [0.2, 0.25) is 0 Å². The third kappa shape index (κ3) is 5.17. The molecular formula is C12H22O6. The summed E-state index contributed by atoms with van der Waals surface area (Å²) < 4.78 is 19.9. The van der Waals surface area contributed by atoms with E-state index in [2.05, 4.69) is 9.47 Å². The standard InChI is InChI=1S/C6H10O2.2C3H6O2/c1-3-7-6-2-4-8-5(1)6;2*4-1-3-2-5-3/h5-6H,1-4H2;2*3-4H,1-2H2/t5-,6-;;/m1../s1. The Hall–Kier alpha value is -0.240. The summed E-state index contributed by atoms with van der Waals surface area (Å²) in [7, 11) is 0. The van der Waals surface area contributed by atoms with E-state index in [1.807, 2.05) is 0 Å². The third-order valence-electron chi connectivity index (χ3n) is 3.10. The Labute approximate surface area is 107 Å².